The smallest absolute Gasteiger partial charge is 0.243 e. The molecular formula is C16H23ClN2O3S. The standard InChI is InChI=1S/C16H23ClN2O3S/c1-12-6-7-15(11-16(12)17)23(21,22)19-10-4-3-5-14(19)8-9-18-13(2)20/h6-7,11,14H,3-5,8-10H2,1-2H3,(H,18,20). The highest BCUT2D eigenvalue weighted by Crippen LogP contribution is 2.29. The van der Waals surface area contributed by atoms with Gasteiger partial charge in [-0.25, -0.2) is 8.42 Å². The van der Waals surface area contributed by atoms with Crippen LogP contribution < -0.4 is 5.32 Å². The molecule has 1 unspecified atom stereocenters. The number of halogens is 1. The predicted molar refractivity (Wildman–Crippen MR) is 91.0 cm³/mol. The number of piperidine rings is 1. The van der Waals surface area contributed by atoms with Crippen LogP contribution in [0.2, 0.25) is 5.02 Å². The summed E-state index contributed by atoms with van der Waals surface area (Å²) in [7, 11) is -3.56. The molecule has 128 valence electrons. The van der Waals surface area contributed by atoms with Crippen LogP contribution in [-0.4, -0.2) is 37.8 Å². The van der Waals surface area contributed by atoms with Crippen molar-refractivity contribution >= 4 is 27.5 Å². The van der Waals surface area contributed by atoms with Gasteiger partial charge in [0.15, 0.2) is 0 Å². The first-order valence-electron chi connectivity index (χ1n) is 7.85. The summed E-state index contributed by atoms with van der Waals surface area (Å²) in [5, 5.41) is 3.20. The number of benzene rings is 1. The van der Waals surface area contributed by atoms with Gasteiger partial charge in [-0.2, -0.15) is 4.31 Å². The van der Waals surface area contributed by atoms with E-state index in [2.05, 4.69) is 5.32 Å². The van der Waals surface area contributed by atoms with E-state index in [-0.39, 0.29) is 16.8 Å². The van der Waals surface area contributed by atoms with Gasteiger partial charge in [0, 0.05) is 31.1 Å². The van der Waals surface area contributed by atoms with Gasteiger partial charge >= 0.3 is 0 Å². The lowest BCUT2D eigenvalue weighted by atomic mass is 10.0. The SMILES string of the molecule is CC(=O)NCCC1CCCCN1S(=O)(=O)c1ccc(C)c(Cl)c1. The number of nitrogens with zero attached hydrogens (tertiary/aromatic N) is 1. The topological polar surface area (TPSA) is 66.5 Å². The third-order valence-electron chi connectivity index (χ3n) is 4.17. The first-order chi connectivity index (χ1) is 10.8. The number of aryl methyl sites for hydroxylation is 1. The van der Waals surface area contributed by atoms with Crippen molar-refractivity contribution in [2.75, 3.05) is 13.1 Å². The molecule has 0 spiro atoms. The second-order valence-electron chi connectivity index (χ2n) is 5.95. The maximum atomic E-state index is 12.9. The van der Waals surface area contributed by atoms with Gasteiger partial charge < -0.3 is 5.32 Å². The van der Waals surface area contributed by atoms with Crippen molar-refractivity contribution in [1.29, 1.82) is 0 Å². The Kier molecular flexibility index (Phi) is 6.06. The Labute approximate surface area is 143 Å². The molecule has 0 aliphatic carbocycles. The highest BCUT2D eigenvalue weighted by atomic mass is 35.5. The first-order valence-corrected chi connectivity index (χ1v) is 9.66. The molecule has 1 heterocycles. The fourth-order valence-corrected chi connectivity index (χ4v) is 4.86. The summed E-state index contributed by atoms with van der Waals surface area (Å²) >= 11 is 6.08. The Balaban J connectivity index is 2.20. The zero-order valence-corrected chi connectivity index (χ0v) is 15.1. The normalized spacial score (nSPS) is 19.5. The van der Waals surface area contributed by atoms with Crippen LogP contribution in [0.25, 0.3) is 0 Å². The highest BCUT2D eigenvalue weighted by Gasteiger charge is 2.33. The third-order valence-corrected chi connectivity index (χ3v) is 6.53. The van der Waals surface area contributed by atoms with E-state index in [1.807, 2.05) is 6.92 Å². The molecule has 1 aromatic rings. The number of carbonyl (C=O) groups is 1. The van der Waals surface area contributed by atoms with Crippen molar-refractivity contribution < 1.29 is 13.2 Å². The van der Waals surface area contributed by atoms with Crippen molar-refractivity contribution in [3.8, 4) is 0 Å². The van der Waals surface area contributed by atoms with E-state index >= 15 is 0 Å². The van der Waals surface area contributed by atoms with Crippen molar-refractivity contribution in [2.45, 2.75) is 50.5 Å². The van der Waals surface area contributed by atoms with Gasteiger partial charge in [0.25, 0.3) is 0 Å². The van der Waals surface area contributed by atoms with Crippen molar-refractivity contribution in [3.05, 3.63) is 28.8 Å². The molecule has 1 saturated heterocycles. The largest absolute Gasteiger partial charge is 0.356 e. The van der Waals surface area contributed by atoms with E-state index in [9.17, 15) is 13.2 Å². The van der Waals surface area contributed by atoms with Crippen molar-refractivity contribution in [1.82, 2.24) is 9.62 Å². The molecule has 5 nitrogen and oxygen atoms in total. The molecule has 23 heavy (non-hydrogen) atoms. The van der Waals surface area contributed by atoms with Gasteiger partial charge in [0.05, 0.1) is 4.90 Å². The summed E-state index contributed by atoms with van der Waals surface area (Å²) in [5.74, 6) is -0.0967. The second kappa shape index (κ2) is 7.64. The maximum Gasteiger partial charge on any atom is 0.243 e. The number of hydrogen-bond acceptors (Lipinski definition) is 3. The average molecular weight is 359 g/mol. The average Bonchev–Trinajstić information content (AvgIpc) is 2.50. The Morgan fingerprint density at radius 2 is 2.13 bits per heavy atom. The van der Waals surface area contributed by atoms with Crippen LogP contribution in [0, 0.1) is 6.92 Å². The summed E-state index contributed by atoms with van der Waals surface area (Å²) in [4.78, 5) is 11.2. The van der Waals surface area contributed by atoms with Crippen LogP contribution in [0.4, 0.5) is 0 Å². The molecule has 1 atom stereocenters. The minimum absolute atomic E-state index is 0.0827. The quantitative estimate of drug-likeness (QED) is 0.880. The lowest BCUT2D eigenvalue weighted by Crippen LogP contribution is -2.45. The molecule has 1 amide bonds. The van der Waals surface area contributed by atoms with Gasteiger partial charge in [0.1, 0.15) is 0 Å². The summed E-state index contributed by atoms with van der Waals surface area (Å²) in [6, 6.07) is 4.77. The van der Waals surface area contributed by atoms with E-state index in [1.54, 1.807) is 16.4 Å². The van der Waals surface area contributed by atoms with Gasteiger partial charge in [-0.1, -0.05) is 24.1 Å². The molecule has 1 aliphatic rings. The molecule has 7 heteroatoms. The maximum absolute atomic E-state index is 12.9. The van der Waals surface area contributed by atoms with Crippen LogP contribution in [0.3, 0.4) is 0 Å². The number of sulfonamides is 1. The van der Waals surface area contributed by atoms with E-state index in [1.165, 1.54) is 13.0 Å². The number of nitrogens with one attached hydrogen (secondary N) is 1. The molecule has 0 saturated carbocycles. The Morgan fingerprint density at radius 3 is 2.78 bits per heavy atom. The first kappa shape index (κ1) is 18.2. The van der Waals surface area contributed by atoms with E-state index < -0.39 is 10.0 Å². The van der Waals surface area contributed by atoms with Crippen LogP contribution in [0.1, 0.15) is 38.2 Å². The lowest BCUT2D eigenvalue weighted by molar-refractivity contribution is -0.119. The third kappa shape index (κ3) is 4.46. The fourth-order valence-electron chi connectivity index (χ4n) is 2.86. The molecule has 0 aromatic heterocycles. The van der Waals surface area contributed by atoms with Gasteiger partial charge in [-0.05, 0) is 43.9 Å². The fraction of sp³-hybridized carbons (Fsp3) is 0.562. The second-order valence-corrected chi connectivity index (χ2v) is 8.25. The molecule has 0 bridgehead atoms. The number of hydrogen-bond donors (Lipinski definition) is 1. The Morgan fingerprint density at radius 1 is 1.39 bits per heavy atom. The van der Waals surface area contributed by atoms with Crippen LogP contribution in [0.5, 0.6) is 0 Å². The number of rotatable bonds is 5. The molecule has 0 radical (unpaired) electrons. The minimum atomic E-state index is -3.56. The monoisotopic (exact) mass is 358 g/mol. The molecular weight excluding hydrogens is 336 g/mol. The zero-order valence-electron chi connectivity index (χ0n) is 13.5. The summed E-state index contributed by atoms with van der Waals surface area (Å²) < 4.78 is 27.4. The minimum Gasteiger partial charge on any atom is -0.356 e. The van der Waals surface area contributed by atoms with Crippen molar-refractivity contribution in [3.63, 3.8) is 0 Å². The van der Waals surface area contributed by atoms with Crippen LogP contribution in [-0.2, 0) is 14.8 Å². The molecule has 1 N–H and O–H groups in total. The predicted octanol–water partition coefficient (Wildman–Crippen LogP) is 2.72. The highest BCUT2D eigenvalue weighted by molar-refractivity contribution is 7.89. The van der Waals surface area contributed by atoms with Gasteiger partial charge in [0.2, 0.25) is 15.9 Å². The number of carbonyl (C=O) groups excluding carboxylic acids is 1. The van der Waals surface area contributed by atoms with E-state index in [0.717, 1.165) is 24.8 Å². The molecule has 1 fully saturated rings. The lowest BCUT2D eigenvalue weighted by Gasteiger charge is -2.34. The Bertz CT molecular complexity index is 676. The van der Waals surface area contributed by atoms with Gasteiger partial charge in [-0.3, -0.25) is 4.79 Å². The van der Waals surface area contributed by atoms with Crippen LogP contribution in [0.15, 0.2) is 23.1 Å². The van der Waals surface area contributed by atoms with Gasteiger partial charge in [-0.15, -0.1) is 0 Å². The Hall–Kier alpha value is -1.11. The van der Waals surface area contributed by atoms with Crippen molar-refractivity contribution in [2.24, 2.45) is 0 Å². The summed E-state index contributed by atoms with van der Waals surface area (Å²) in [6.07, 6.45) is 3.30. The van der Waals surface area contributed by atoms with E-state index in [0.29, 0.717) is 24.5 Å². The van der Waals surface area contributed by atoms with E-state index in [4.69, 9.17) is 11.6 Å². The summed E-state index contributed by atoms with van der Waals surface area (Å²) in [6.45, 7) is 4.30. The molecule has 2 rings (SSSR count). The summed E-state index contributed by atoms with van der Waals surface area (Å²) in [5.41, 5.74) is 0.853. The molecule has 1 aliphatic heterocycles. The number of amides is 1. The van der Waals surface area contributed by atoms with Crippen LogP contribution >= 0.6 is 11.6 Å². The molecule has 1 aromatic carbocycles. The zero-order chi connectivity index (χ0) is 17.0.